The molecule has 1 aliphatic carbocycles. The number of hydrogen-bond donors (Lipinski definition) is 3. The molecule has 0 aliphatic heterocycles. The molecule has 0 saturated heterocycles. The van der Waals surface area contributed by atoms with Crippen LogP contribution in [0.25, 0.3) is 0 Å². The van der Waals surface area contributed by atoms with Gasteiger partial charge in [-0.1, -0.05) is 19.8 Å². The number of hydrogen-bond acceptors (Lipinski definition) is 3. The van der Waals surface area contributed by atoms with Gasteiger partial charge in [0, 0.05) is 11.4 Å². The van der Waals surface area contributed by atoms with E-state index in [9.17, 15) is 14.7 Å². The molecule has 21 heavy (non-hydrogen) atoms. The summed E-state index contributed by atoms with van der Waals surface area (Å²) in [4.78, 5) is 24.4. The van der Waals surface area contributed by atoms with Crippen molar-refractivity contribution in [2.75, 3.05) is 6.54 Å². The van der Waals surface area contributed by atoms with Gasteiger partial charge in [-0.2, -0.15) is 0 Å². The second-order valence-corrected chi connectivity index (χ2v) is 6.55. The van der Waals surface area contributed by atoms with Gasteiger partial charge in [0.15, 0.2) is 0 Å². The highest BCUT2D eigenvalue weighted by atomic mass is 32.1. The van der Waals surface area contributed by atoms with Gasteiger partial charge in [0.05, 0.1) is 12.0 Å². The predicted molar refractivity (Wildman–Crippen MR) is 82.5 cm³/mol. The van der Waals surface area contributed by atoms with E-state index in [4.69, 9.17) is 0 Å². The van der Waals surface area contributed by atoms with Gasteiger partial charge in [0.25, 0.3) is 0 Å². The van der Waals surface area contributed by atoms with Crippen molar-refractivity contribution in [3.63, 3.8) is 0 Å². The lowest BCUT2D eigenvalue weighted by Gasteiger charge is -2.24. The summed E-state index contributed by atoms with van der Waals surface area (Å²) in [7, 11) is 0. The lowest BCUT2D eigenvalue weighted by Crippen LogP contribution is -2.44. The number of carbonyl (C=O) groups excluding carboxylic acids is 1. The zero-order valence-electron chi connectivity index (χ0n) is 12.3. The van der Waals surface area contributed by atoms with Crippen LogP contribution in [-0.2, 0) is 17.8 Å². The first-order valence-corrected chi connectivity index (χ1v) is 8.26. The molecule has 0 radical (unpaired) electrons. The third kappa shape index (κ3) is 3.75. The molecule has 1 saturated carbocycles. The smallest absolute Gasteiger partial charge is 0.315 e. The molecule has 3 N–H and O–H groups in total. The van der Waals surface area contributed by atoms with Crippen LogP contribution in [0.1, 0.15) is 43.0 Å². The Balaban J connectivity index is 1.81. The molecule has 0 aromatic carbocycles. The molecule has 0 spiro atoms. The van der Waals surface area contributed by atoms with Crippen molar-refractivity contribution < 1.29 is 14.7 Å². The van der Waals surface area contributed by atoms with Crippen molar-refractivity contribution in [2.45, 2.75) is 45.6 Å². The van der Waals surface area contributed by atoms with Crippen LogP contribution >= 0.6 is 11.3 Å². The standard InChI is InChI=1S/C15H22N2O3S/c1-2-11-5-8-21-12(11)9-16-14(20)17-10-15(13(18)19)6-3-4-7-15/h5,8H,2-4,6-7,9-10H2,1H3,(H,18,19)(H2,16,17,20). The summed E-state index contributed by atoms with van der Waals surface area (Å²) in [5.74, 6) is -0.799. The van der Waals surface area contributed by atoms with Crippen LogP contribution in [0.3, 0.4) is 0 Å². The number of carboxylic acid groups (broad SMARTS) is 1. The molecule has 6 heteroatoms. The molecule has 1 aromatic heterocycles. The van der Waals surface area contributed by atoms with Crippen molar-refractivity contribution >= 4 is 23.3 Å². The number of nitrogens with one attached hydrogen (secondary N) is 2. The largest absolute Gasteiger partial charge is 0.481 e. The third-order valence-corrected chi connectivity index (χ3v) is 5.19. The first-order chi connectivity index (χ1) is 10.1. The minimum atomic E-state index is -0.799. The van der Waals surface area contributed by atoms with Crippen LogP contribution in [0.4, 0.5) is 4.79 Å². The van der Waals surface area contributed by atoms with Gasteiger partial charge in [-0.3, -0.25) is 4.79 Å². The van der Waals surface area contributed by atoms with Crippen LogP contribution in [0, 0.1) is 5.41 Å². The molecule has 1 heterocycles. The van der Waals surface area contributed by atoms with Gasteiger partial charge in [0.1, 0.15) is 0 Å². The summed E-state index contributed by atoms with van der Waals surface area (Å²) in [6, 6.07) is 1.77. The quantitative estimate of drug-likeness (QED) is 0.756. The number of rotatable bonds is 6. The van der Waals surface area contributed by atoms with E-state index < -0.39 is 11.4 Å². The van der Waals surface area contributed by atoms with Crippen LogP contribution in [0.5, 0.6) is 0 Å². The SMILES string of the molecule is CCc1ccsc1CNC(=O)NCC1(C(=O)O)CCCC1. The second-order valence-electron chi connectivity index (χ2n) is 5.55. The lowest BCUT2D eigenvalue weighted by atomic mass is 9.86. The van der Waals surface area contributed by atoms with Crippen LogP contribution in [0.2, 0.25) is 0 Å². The molecule has 0 atom stereocenters. The number of urea groups is 1. The molecular weight excluding hydrogens is 288 g/mol. The molecule has 1 fully saturated rings. The van der Waals surface area contributed by atoms with Gasteiger partial charge in [0.2, 0.25) is 0 Å². The second kappa shape index (κ2) is 6.93. The predicted octanol–water partition coefficient (Wildman–Crippen LogP) is 2.75. The Bertz CT molecular complexity index is 507. The topological polar surface area (TPSA) is 78.4 Å². The first kappa shape index (κ1) is 15.8. The molecule has 2 amide bonds. The fraction of sp³-hybridized carbons (Fsp3) is 0.600. The van der Waals surface area contributed by atoms with Crippen molar-refractivity contribution in [3.8, 4) is 0 Å². The highest BCUT2D eigenvalue weighted by Gasteiger charge is 2.41. The Kier molecular flexibility index (Phi) is 5.22. The normalized spacial score (nSPS) is 16.6. The van der Waals surface area contributed by atoms with E-state index in [0.717, 1.165) is 24.1 Å². The Morgan fingerprint density at radius 3 is 2.67 bits per heavy atom. The average molecular weight is 310 g/mol. The maximum Gasteiger partial charge on any atom is 0.315 e. The fourth-order valence-electron chi connectivity index (χ4n) is 2.83. The molecule has 1 aromatic rings. The summed E-state index contributed by atoms with van der Waals surface area (Å²) in [6.45, 7) is 2.79. The Hall–Kier alpha value is -1.56. The highest BCUT2D eigenvalue weighted by Crippen LogP contribution is 2.37. The Morgan fingerprint density at radius 1 is 1.33 bits per heavy atom. The molecule has 0 bridgehead atoms. The van der Waals surface area contributed by atoms with E-state index in [2.05, 4.69) is 23.6 Å². The van der Waals surface area contributed by atoms with Crippen molar-refractivity contribution in [1.82, 2.24) is 10.6 Å². The van der Waals surface area contributed by atoms with E-state index in [-0.39, 0.29) is 12.6 Å². The molecule has 5 nitrogen and oxygen atoms in total. The monoisotopic (exact) mass is 310 g/mol. The van der Waals surface area contributed by atoms with Crippen LogP contribution in [-0.4, -0.2) is 23.7 Å². The number of thiophene rings is 1. The fourth-order valence-corrected chi connectivity index (χ4v) is 3.74. The van der Waals surface area contributed by atoms with Crippen molar-refractivity contribution in [3.05, 3.63) is 21.9 Å². The number of carboxylic acids is 1. The first-order valence-electron chi connectivity index (χ1n) is 7.38. The maximum absolute atomic E-state index is 11.8. The zero-order chi connectivity index (χ0) is 15.3. The average Bonchev–Trinajstić information content (AvgIpc) is 3.12. The lowest BCUT2D eigenvalue weighted by molar-refractivity contribution is -0.148. The van der Waals surface area contributed by atoms with Gasteiger partial charge >= 0.3 is 12.0 Å². The van der Waals surface area contributed by atoms with E-state index in [0.29, 0.717) is 19.4 Å². The summed E-state index contributed by atoms with van der Waals surface area (Å²) in [5, 5.41) is 16.9. The van der Waals surface area contributed by atoms with Gasteiger partial charge in [-0.25, -0.2) is 4.79 Å². The minimum absolute atomic E-state index is 0.208. The van der Waals surface area contributed by atoms with Crippen LogP contribution < -0.4 is 10.6 Å². The van der Waals surface area contributed by atoms with Crippen molar-refractivity contribution in [1.29, 1.82) is 0 Å². The molecule has 0 unspecified atom stereocenters. The summed E-state index contributed by atoms with van der Waals surface area (Å²) >= 11 is 1.63. The summed E-state index contributed by atoms with van der Waals surface area (Å²) < 4.78 is 0. The van der Waals surface area contributed by atoms with E-state index in [1.807, 2.05) is 5.38 Å². The van der Waals surface area contributed by atoms with E-state index in [1.54, 1.807) is 11.3 Å². The number of carbonyl (C=O) groups is 2. The number of amides is 2. The molecule has 1 aliphatic rings. The summed E-state index contributed by atoms with van der Waals surface area (Å²) in [6.07, 6.45) is 4.08. The zero-order valence-corrected chi connectivity index (χ0v) is 13.1. The number of aliphatic carboxylic acids is 1. The highest BCUT2D eigenvalue weighted by molar-refractivity contribution is 7.10. The Labute approximate surface area is 128 Å². The maximum atomic E-state index is 11.8. The van der Waals surface area contributed by atoms with Crippen LogP contribution in [0.15, 0.2) is 11.4 Å². The molecule has 2 rings (SSSR count). The van der Waals surface area contributed by atoms with Gasteiger partial charge in [-0.15, -0.1) is 11.3 Å². The number of aryl methyl sites for hydroxylation is 1. The van der Waals surface area contributed by atoms with Crippen molar-refractivity contribution in [2.24, 2.45) is 5.41 Å². The minimum Gasteiger partial charge on any atom is -0.481 e. The van der Waals surface area contributed by atoms with Gasteiger partial charge < -0.3 is 15.7 Å². The molecular formula is C15H22N2O3S. The van der Waals surface area contributed by atoms with Gasteiger partial charge in [-0.05, 0) is 36.3 Å². The van der Waals surface area contributed by atoms with E-state index >= 15 is 0 Å². The molecule has 116 valence electrons. The summed E-state index contributed by atoms with van der Waals surface area (Å²) in [5.41, 5.74) is 0.479. The Morgan fingerprint density at radius 2 is 2.05 bits per heavy atom. The third-order valence-electron chi connectivity index (χ3n) is 4.23. The van der Waals surface area contributed by atoms with E-state index in [1.165, 1.54) is 5.56 Å².